The van der Waals surface area contributed by atoms with Crippen LogP contribution in [0.15, 0.2) is 12.3 Å². The fraction of sp³-hybridized carbons (Fsp3) is 0.667. The minimum absolute atomic E-state index is 0.958. The van der Waals surface area contributed by atoms with Crippen molar-refractivity contribution in [3.63, 3.8) is 0 Å². The van der Waals surface area contributed by atoms with Crippen molar-refractivity contribution >= 4 is 0 Å². The minimum atomic E-state index is 0.958. The Hall–Kier alpha value is -0.340. The second-order valence-corrected chi connectivity index (χ2v) is 2.78. The fourth-order valence-corrected chi connectivity index (χ4v) is 0.827. The van der Waals surface area contributed by atoms with Crippen molar-refractivity contribution < 1.29 is 4.48 Å². The van der Waals surface area contributed by atoms with Gasteiger partial charge in [-0.3, -0.25) is 9.80 Å². The Balaban J connectivity index is 2.56. The molecule has 8 heavy (non-hydrogen) atoms. The van der Waals surface area contributed by atoms with Crippen LogP contribution in [0, 0.1) is 0 Å². The van der Waals surface area contributed by atoms with Crippen molar-refractivity contribution in [1.29, 1.82) is 0 Å². The zero-order valence-electron chi connectivity index (χ0n) is 5.52. The average molecular weight is 113 g/mol. The van der Waals surface area contributed by atoms with Gasteiger partial charge in [-0.1, -0.05) is 0 Å². The molecule has 0 amide bonds. The number of nitrogens with one attached hydrogen (secondary N) is 1. The van der Waals surface area contributed by atoms with Crippen LogP contribution in [-0.2, 0) is 0 Å². The predicted octanol–water partition coefficient (Wildman–Crippen LogP) is 0.137. The highest BCUT2D eigenvalue weighted by Crippen LogP contribution is 1.98. The normalized spacial score (nSPS) is 25.8. The Labute approximate surface area is 50.4 Å². The summed E-state index contributed by atoms with van der Waals surface area (Å²) in [6, 6.07) is 0. The first-order valence-corrected chi connectivity index (χ1v) is 2.92. The molecule has 1 rings (SSSR count). The standard InChI is InChI=1S/C6H13N2/c1-8(2)5-3-4-7-6-8/h3,5,7H,4,6H2,1-2H3/q+1. The molecule has 0 aromatic heterocycles. The van der Waals surface area contributed by atoms with Crippen molar-refractivity contribution in [3.05, 3.63) is 12.3 Å². The van der Waals surface area contributed by atoms with E-state index in [-0.39, 0.29) is 0 Å². The van der Waals surface area contributed by atoms with E-state index in [9.17, 15) is 0 Å². The summed E-state index contributed by atoms with van der Waals surface area (Å²) in [5, 5.41) is 3.26. The lowest BCUT2D eigenvalue weighted by atomic mass is 10.4. The van der Waals surface area contributed by atoms with Crippen LogP contribution in [-0.4, -0.2) is 31.8 Å². The van der Waals surface area contributed by atoms with Crippen LogP contribution in [0.1, 0.15) is 0 Å². The molecule has 0 fully saturated rings. The zero-order valence-corrected chi connectivity index (χ0v) is 5.52. The molecule has 1 aliphatic rings. The summed E-state index contributed by atoms with van der Waals surface area (Å²) in [7, 11) is 4.34. The number of quaternary nitrogens is 1. The van der Waals surface area contributed by atoms with Gasteiger partial charge in [-0.2, -0.15) is 0 Å². The van der Waals surface area contributed by atoms with Crippen LogP contribution < -0.4 is 5.32 Å². The third kappa shape index (κ3) is 1.32. The lowest BCUT2D eigenvalue weighted by Crippen LogP contribution is -2.44. The van der Waals surface area contributed by atoms with Gasteiger partial charge in [0.15, 0.2) is 0 Å². The van der Waals surface area contributed by atoms with E-state index in [1.807, 2.05) is 0 Å². The highest BCUT2D eigenvalue weighted by atomic mass is 15.4. The maximum atomic E-state index is 3.26. The Morgan fingerprint density at radius 1 is 1.50 bits per heavy atom. The van der Waals surface area contributed by atoms with Crippen molar-refractivity contribution in [2.45, 2.75) is 0 Å². The fourth-order valence-electron chi connectivity index (χ4n) is 0.827. The van der Waals surface area contributed by atoms with Gasteiger partial charge in [0.2, 0.25) is 0 Å². The van der Waals surface area contributed by atoms with Crippen molar-refractivity contribution in [2.24, 2.45) is 0 Å². The van der Waals surface area contributed by atoms with E-state index in [4.69, 9.17) is 0 Å². The monoisotopic (exact) mass is 113 g/mol. The van der Waals surface area contributed by atoms with Crippen LogP contribution in [0.3, 0.4) is 0 Å². The lowest BCUT2D eigenvalue weighted by Gasteiger charge is -2.27. The van der Waals surface area contributed by atoms with Gasteiger partial charge in [-0.15, -0.1) is 0 Å². The van der Waals surface area contributed by atoms with Crippen LogP contribution in [0.2, 0.25) is 0 Å². The van der Waals surface area contributed by atoms with Gasteiger partial charge in [-0.25, -0.2) is 0 Å². The molecule has 1 heterocycles. The summed E-state index contributed by atoms with van der Waals surface area (Å²) in [5.74, 6) is 0. The topological polar surface area (TPSA) is 12.0 Å². The lowest BCUT2D eigenvalue weighted by molar-refractivity contribution is -0.843. The molecular weight excluding hydrogens is 100 g/mol. The molecule has 1 aliphatic heterocycles. The van der Waals surface area contributed by atoms with Crippen LogP contribution in [0.25, 0.3) is 0 Å². The summed E-state index contributed by atoms with van der Waals surface area (Å²) >= 11 is 0. The molecule has 1 N–H and O–H groups in total. The minimum Gasteiger partial charge on any atom is -0.290 e. The first kappa shape index (κ1) is 5.79. The molecule has 0 unspecified atom stereocenters. The summed E-state index contributed by atoms with van der Waals surface area (Å²) in [6.45, 7) is 2.08. The molecule has 0 aliphatic carbocycles. The largest absolute Gasteiger partial charge is 0.290 e. The van der Waals surface area contributed by atoms with E-state index < -0.39 is 0 Å². The molecule has 0 aromatic rings. The highest BCUT2D eigenvalue weighted by Gasteiger charge is 2.11. The quantitative estimate of drug-likeness (QED) is 0.440. The van der Waals surface area contributed by atoms with E-state index in [1.54, 1.807) is 0 Å². The Morgan fingerprint density at radius 2 is 2.25 bits per heavy atom. The summed E-state index contributed by atoms with van der Waals surface area (Å²) in [4.78, 5) is 0. The number of rotatable bonds is 0. The van der Waals surface area contributed by atoms with E-state index >= 15 is 0 Å². The van der Waals surface area contributed by atoms with Crippen LogP contribution in [0.4, 0.5) is 0 Å². The van der Waals surface area contributed by atoms with E-state index in [2.05, 4.69) is 31.7 Å². The molecular formula is C6H13N2+. The molecule has 0 bridgehead atoms. The molecule has 0 spiro atoms. The molecule has 0 saturated carbocycles. The summed E-state index contributed by atoms with van der Waals surface area (Å²) in [6.07, 6.45) is 4.36. The predicted molar refractivity (Wildman–Crippen MR) is 34.1 cm³/mol. The molecule has 0 radical (unpaired) electrons. The number of nitrogens with zero attached hydrogens (tertiary/aromatic N) is 1. The first-order chi connectivity index (χ1) is 3.71. The van der Waals surface area contributed by atoms with Crippen molar-refractivity contribution in [3.8, 4) is 0 Å². The molecule has 2 heteroatoms. The van der Waals surface area contributed by atoms with Gasteiger partial charge in [0.25, 0.3) is 0 Å². The average Bonchev–Trinajstić information content (AvgIpc) is 1.65. The maximum absolute atomic E-state index is 3.26. The number of hydrogen-bond acceptors (Lipinski definition) is 1. The van der Waals surface area contributed by atoms with Gasteiger partial charge < -0.3 is 0 Å². The van der Waals surface area contributed by atoms with E-state index in [1.165, 1.54) is 0 Å². The SMILES string of the molecule is C[N+]1(C)C=CCNC1. The molecule has 2 nitrogen and oxygen atoms in total. The molecule has 0 saturated heterocycles. The third-order valence-corrected chi connectivity index (χ3v) is 1.29. The molecule has 0 atom stereocenters. The Kier molecular flexibility index (Phi) is 1.36. The van der Waals surface area contributed by atoms with Gasteiger partial charge in [0.1, 0.15) is 6.67 Å². The number of hydrogen-bond donors (Lipinski definition) is 1. The second kappa shape index (κ2) is 1.88. The van der Waals surface area contributed by atoms with Gasteiger partial charge >= 0.3 is 0 Å². The van der Waals surface area contributed by atoms with E-state index in [0.717, 1.165) is 17.7 Å². The van der Waals surface area contributed by atoms with Crippen LogP contribution in [0.5, 0.6) is 0 Å². The summed E-state index contributed by atoms with van der Waals surface area (Å²) in [5.41, 5.74) is 0. The van der Waals surface area contributed by atoms with Gasteiger partial charge in [-0.05, 0) is 6.08 Å². The van der Waals surface area contributed by atoms with E-state index in [0.29, 0.717) is 0 Å². The third-order valence-electron chi connectivity index (χ3n) is 1.29. The highest BCUT2D eigenvalue weighted by molar-refractivity contribution is 4.79. The zero-order chi connectivity index (χ0) is 6.04. The maximum Gasteiger partial charge on any atom is 0.136 e. The Bertz CT molecular complexity index is 105. The molecule has 46 valence electrons. The van der Waals surface area contributed by atoms with Crippen LogP contribution >= 0.6 is 0 Å². The van der Waals surface area contributed by atoms with Gasteiger partial charge in [0, 0.05) is 6.54 Å². The van der Waals surface area contributed by atoms with Gasteiger partial charge in [0.05, 0.1) is 20.3 Å². The van der Waals surface area contributed by atoms with Crippen molar-refractivity contribution in [1.82, 2.24) is 5.32 Å². The Morgan fingerprint density at radius 3 is 2.50 bits per heavy atom. The smallest absolute Gasteiger partial charge is 0.136 e. The molecule has 0 aromatic carbocycles. The summed E-state index contributed by atoms with van der Waals surface area (Å²) < 4.78 is 0.958. The second-order valence-electron chi connectivity index (χ2n) is 2.78. The van der Waals surface area contributed by atoms with Crippen molar-refractivity contribution in [2.75, 3.05) is 27.3 Å². The first-order valence-electron chi connectivity index (χ1n) is 2.92.